The van der Waals surface area contributed by atoms with Crippen LogP contribution in [0, 0.1) is 23.2 Å². The Labute approximate surface area is 109 Å². The molecule has 2 heteroatoms. The van der Waals surface area contributed by atoms with Crippen LogP contribution in [0.1, 0.15) is 44.1 Å². The van der Waals surface area contributed by atoms with Gasteiger partial charge in [0.2, 0.25) is 0 Å². The van der Waals surface area contributed by atoms with E-state index in [4.69, 9.17) is 5.26 Å². The molecule has 0 radical (unpaired) electrons. The summed E-state index contributed by atoms with van der Waals surface area (Å²) in [5, 5.41) is 12.5. The predicted molar refractivity (Wildman–Crippen MR) is 73.2 cm³/mol. The maximum Gasteiger partial charge on any atom is 0.0992 e. The lowest BCUT2D eigenvalue weighted by Crippen LogP contribution is -2.28. The monoisotopic (exact) mass is 240 g/mol. The molecule has 3 rings (SSSR count). The van der Waals surface area contributed by atoms with Crippen molar-refractivity contribution in [3.05, 3.63) is 29.8 Å². The molecule has 1 N–H and O–H groups in total. The van der Waals surface area contributed by atoms with Gasteiger partial charge in [-0.25, -0.2) is 0 Å². The Morgan fingerprint density at radius 1 is 1.11 bits per heavy atom. The molecule has 0 heterocycles. The number of benzene rings is 1. The molecule has 0 bridgehead atoms. The van der Waals surface area contributed by atoms with Crippen molar-refractivity contribution in [2.45, 2.75) is 44.6 Å². The first-order valence-corrected chi connectivity index (χ1v) is 7.12. The molecule has 2 unspecified atom stereocenters. The Morgan fingerprint density at radius 2 is 2.00 bits per heavy atom. The normalized spacial score (nSPS) is 27.5. The molecule has 0 aromatic heterocycles. The Bertz CT molecular complexity index is 456. The van der Waals surface area contributed by atoms with Crippen molar-refractivity contribution in [1.82, 2.24) is 0 Å². The van der Waals surface area contributed by atoms with Gasteiger partial charge in [0.15, 0.2) is 0 Å². The molecule has 2 fully saturated rings. The van der Waals surface area contributed by atoms with Gasteiger partial charge in [-0.3, -0.25) is 0 Å². The van der Waals surface area contributed by atoms with E-state index in [1.807, 2.05) is 18.2 Å². The third-order valence-corrected chi connectivity index (χ3v) is 4.37. The van der Waals surface area contributed by atoms with E-state index in [1.165, 1.54) is 38.5 Å². The van der Waals surface area contributed by atoms with Crippen LogP contribution in [-0.2, 0) is 0 Å². The molecule has 2 aliphatic carbocycles. The van der Waals surface area contributed by atoms with E-state index < -0.39 is 0 Å². The van der Waals surface area contributed by atoms with E-state index in [9.17, 15) is 0 Å². The van der Waals surface area contributed by atoms with Gasteiger partial charge in [0.25, 0.3) is 0 Å². The lowest BCUT2D eigenvalue weighted by Gasteiger charge is -2.30. The number of nitrogens with one attached hydrogen (secondary N) is 1. The zero-order chi connectivity index (χ0) is 12.4. The van der Waals surface area contributed by atoms with Crippen LogP contribution >= 0.6 is 0 Å². The van der Waals surface area contributed by atoms with Gasteiger partial charge in [0.05, 0.1) is 11.6 Å². The highest BCUT2D eigenvalue weighted by molar-refractivity contribution is 5.49. The molecule has 0 aliphatic heterocycles. The molecule has 2 atom stereocenters. The summed E-state index contributed by atoms with van der Waals surface area (Å²) in [7, 11) is 0. The smallest absolute Gasteiger partial charge is 0.0992 e. The zero-order valence-electron chi connectivity index (χ0n) is 10.7. The molecule has 18 heavy (non-hydrogen) atoms. The molecule has 1 aromatic rings. The van der Waals surface area contributed by atoms with Crippen LogP contribution in [0.4, 0.5) is 5.69 Å². The summed E-state index contributed by atoms with van der Waals surface area (Å²) in [6.07, 6.45) is 8.31. The third kappa shape index (κ3) is 2.67. The average Bonchev–Trinajstić information content (AvgIpc) is 3.24. The van der Waals surface area contributed by atoms with Crippen LogP contribution < -0.4 is 5.32 Å². The van der Waals surface area contributed by atoms with Gasteiger partial charge < -0.3 is 5.32 Å². The number of nitrogens with zero attached hydrogens (tertiary/aromatic N) is 1. The summed E-state index contributed by atoms with van der Waals surface area (Å²) in [6, 6.07) is 10.7. The summed E-state index contributed by atoms with van der Waals surface area (Å²) in [5.41, 5.74) is 1.85. The van der Waals surface area contributed by atoms with E-state index in [0.717, 1.165) is 23.1 Å². The van der Waals surface area contributed by atoms with Crippen molar-refractivity contribution in [3.8, 4) is 6.07 Å². The van der Waals surface area contributed by atoms with E-state index in [2.05, 4.69) is 17.5 Å². The van der Waals surface area contributed by atoms with Gasteiger partial charge in [-0.2, -0.15) is 5.26 Å². The Morgan fingerprint density at radius 3 is 2.78 bits per heavy atom. The van der Waals surface area contributed by atoms with Gasteiger partial charge in [-0.1, -0.05) is 18.9 Å². The van der Waals surface area contributed by atoms with Crippen molar-refractivity contribution >= 4 is 5.69 Å². The quantitative estimate of drug-likeness (QED) is 0.868. The van der Waals surface area contributed by atoms with Gasteiger partial charge in [0, 0.05) is 11.7 Å². The molecule has 0 amide bonds. The van der Waals surface area contributed by atoms with Crippen molar-refractivity contribution in [3.63, 3.8) is 0 Å². The molecule has 1 aromatic carbocycles. The third-order valence-electron chi connectivity index (χ3n) is 4.37. The second kappa shape index (κ2) is 5.02. The van der Waals surface area contributed by atoms with Crippen LogP contribution in [0.2, 0.25) is 0 Å². The fraction of sp³-hybridized carbons (Fsp3) is 0.562. The van der Waals surface area contributed by atoms with Crippen LogP contribution in [0.15, 0.2) is 24.3 Å². The number of hydrogen-bond donors (Lipinski definition) is 1. The largest absolute Gasteiger partial charge is 0.382 e. The number of hydrogen-bond acceptors (Lipinski definition) is 2. The first kappa shape index (κ1) is 11.6. The fourth-order valence-electron chi connectivity index (χ4n) is 3.27. The zero-order valence-corrected chi connectivity index (χ0v) is 10.7. The van der Waals surface area contributed by atoms with Crippen molar-refractivity contribution in [1.29, 1.82) is 5.26 Å². The highest BCUT2D eigenvalue weighted by Gasteiger charge is 2.34. The number of anilines is 1. The van der Waals surface area contributed by atoms with Gasteiger partial charge in [-0.15, -0.1) is 0 Å². The average molecular weight is 240 g/mol. The first-order chi connectivity index (χ1) is 8.85. The molecule has 94 valence electrons. The topological polar surface area (TPSA) is 35.8 Å². The summed E-state index contributed by atoms with van der Waals surface area (Å²) in [5.74, 6) is 1.98. The highest BCUT2D eigenvalue weighted by atomic mass is 14.9. The van der Waals surface area contributed by atoms with Crippen LogP contribution in [0.25, 0.3) is 0 Å². The van der Waals surface area contributed by atoms with Crippen molar-refractivity contribution in [2.24, 2.45) is 11.8 Å². The molecule has 2 nitrogen and oxygen atoms in total. The molecular weight excluding hydrogens is 220 g/mol. The number of rotatable bonds is 3. The van der Waals surface area contributed by atoms with E-state index in [-0.39, 0.29) is 0 Å². The molecule has 0 spiro atoms. The number of nitriles is 1. The maximum absolute atomic E-state index is 8.91. The Hall–Kier alpha value is -1.49. The Kier molecular flexibility index (Phi) is 3.23. The summed E-state index contributed by atoms with van der Waals surface area (Å²) < 4.78 is 0. The standard InChI is InChI=1S/C16H20N2/c17-11-12-3-1-5-15(9-12)18-16-6-2-4-14(10-16)13-7-8-13/h1,3,5,9,13-14,16,18H,2,4,6-8,10H2. The lowest BCUT2D eigenvalue weighted by atomic mass is 9.82. The summed E-state index contributed by atoms with van der Waals surface area (Å²) in [6.45, 7) is 0. The van der Waals surface area contributed by atoms with Crippen molar-refractivity contribution in [2.75, 3.05) is 5.32 Å². The van der Waals surface area contributed by atoms with Crippen LogP contribution in [0.5, 0.6) is 0 Å². The van der Waals surface area contributed by atoms with E-state index >= 15 is 0 Å². The lowest BCUT2D eigenvalue weighted by molar-refractivity contribution is 0.303. The van der Waals surface area contributed by atoms with Crippen molar-refractivity contribution < 1.29 is 0 Å². The first-order valence-electron chi connectivity index (χ1n) is 7.12. The molecular formula is C16H20N2. The highest BCUT2D eigenvalue weighted by Crippen LogP contribution is 2.44. The maximum atomic E-state index is 8.91. The van der Waals surface area contributed by atoms with Crippen LogP contribution in [-0.4, -0.2) is 6.04 Å². The minimum Gasteiger partial charge on any atom is -0.382 e. The predicted octanol–water partition coefficient (Wildman–Crippen LogP) is 3.94. The van der Waals surface area contributed by atoms with Gasteiger partial charge in [0.1, 0.15) is 0 Å². The van der Waals surface area contributed by atoms with Crippen LogP contribution in [0.3, 0.4) is 0 Å². The summed E-state index contributed by atoms with van der Waals surface area (Å²) in [4.78, 5) is 0. The minimum absolute atomic E-state index is 0.610. The van der Waals surface area contributed by atoms with Gasteiger partial charge >= 0.3 is 0 Å². The molecule has 2 aliphatic rings. The molecule has 0 saturated heterocycles. The SMILES string of the molecule is N#Cc1cccc(NC2CCCC(C3CC3)C2)c1. The second-order valence-corrected chi connectivity index (χ2v) is 5.80. The minimum atomic E-state index is 0.610. The second-order valence-electron chi connectivity index (χ2n) is 5.80. The summed E-state index contributed by atoms with van der Waals surface area (Å²) >= 11 is 0. The molecule has 2 saturated carbocycles. The van der Waals surface area contributed by atoms with E-state index in [1.54, 1.807) is 0 Å². The van der Waals surface area contributed by atoms with E-state index in [0.29, 0.717) is 6.04 Å². The Balaban J connectivity index is 1.62. The fourth-order valence-corrected chi connectivity index (χ4v) is 3.27. The van der Waals surface area contributed by atoms with Gasteiger partial charge in [-0.05, 0) is 55.7 Å².